The Hall–Kier alpha value is -1.03. The number of hydrogen-bond donors (Lipinski definition) is 2. The number of nitrogens with zero attached hydrogens (tertiary/aromatic N) is 2. The number of aromatic nitrogens is 2. The summed E-state index contributed by atoms with van der Waals surface area (Å²) in [6.07, 6.45) is 5.10. The van der Waals surface area contributed by atoms with Gasteiger partial charge in [-0.25, -0.2) is 4.98 Å². The van der Waals surface area contributed by atoms with Crippen molar-refractivity contribution in [3.8, 4) is 0 Å². The number of imidazole rings is 1. The van der Waals surface area contributed by atoms with E-state index in [9.17, 15) is 5.11 Å². The standard InChI is InChI=1S/C10H19N3O/c1-3-9(14)5-6-11-10-12-7-8-13(10)4-2/h7-9,14H,3-6H2,1-2H3,(H,11,12). The summed E-state index contributed by atoms with van der Waals surface area (Å²) >= 11 is 0. The number of aryl methyl sites for hydroxylation is 1. The van der Waals surface area contributed by atoms with Crippen LogP contribution >= 0.6 is 0 Å². The fourth-order valence-electron chi connectivity index (χ4n) is 1.29. The quantitative estimate of drug-likeness (QED) is 0.726. The monoisotopic (exact) mass is 197 g/mol. The van der Waals surface area contributed by atoms with Crippen molar-refractivity contribution < 1.29 is 5.11 Å². The summed E-state index contributed by atoms with van der Waals surface area (Å²) in [6, 6.07) is 0. The molecule has 1 unspecified atom stereocenters. The van der Waals surface area contributed by atoms with Crippen molar-refractivity contribution in [1.29, 1.82) is 0 Å². The predicted octanol–water partition coefficient (Wildman–Crippen LogP) is 1.48. The van der Waals surface area contributed by atoms with Gasteiger partial charge in [0.15, 0.2) is 0 Å². The fourth-order valence-corrected chi connectivity index (χ4v) is 1.29. The van der Waals surface area contributed by atoms with E-state index in [0.29, 0.717) is 0 Å². The maximum atomic E-state index is 9.35. The zero-order chi connectivity index (χ0) is 10.4. The average Bonchev–Trinajstić information content (AvgIpc) is 2.65. The first-order valence-corrected chi connectivity index (χ1v) is 5.21. The van der Waals surface area contributed by atoms with Gasteiger partial charge in [0.25, 0.3) is 0 Å². The van der Waals surface area contributed by atoms with E-state index in [1.54, 1.807) is 6.20 Å². The molecule has 0 aliphatic heterocycles. The zero-order valence-electron chi connectivity index (χ0n) is 8.90. The van der Waals surface area contributed by atoms with Gasteiger partial charge in [-0.1, -0.05) is 6.92 Å². The van der Waals surface area contributed by atoms with Gasteiger partial charge in [0.05, 0.1) is 6.10 Å². The predicted molar refractivity (Wildman–Crippen MR) is 57.3 cm³/mol. The lowest BCUT2D eigenvalue weighted by molar-refractivity contribution is 0.164. The molecule has 80 valence electrons. The average molecular weight is 197 g/mol. The van der Waals surface area contributed by atoms with Gasteiger partial charge in [0, 0.05) is 25.5 Å². The molecule has 0 amide bonds. The Morgan fingerprint density at radius 3 is 3.00 bits per heavy atom. The van der Waals surface area contributed by atoms with E-state index in [-0.39, 0.29) is 6.10 Å². The third-order valence-electron chi connectivity index (χ3n) is 2.29. The maximum Gasteiger partial charge on any atom is 0.202 e. The van der Waals surface area contributed by atoms with Gasteiger partial charge in [0.1, 0.15) is 0 Å². The van der Waals surface area contributed by atoms with E-state index < -0.39 is 0 Å². The summed E-state index contributed by atoms with van der Waals surface area (Å²) in [5.74, 6) is 0.885. The van der Waals surface area contributed by atoms with E-state index in [1.165, 1.54) is 0 Å². The van der Waals surface area contributed by atoms with Gasteiger partial charge in [-0.05, 0) is 19.8 Å². The molecule has 14 heavy (non-hydrogen) atoms. The Kier molecular flexibility index (Phi) is 4.46. The van der Waals surface area contributed by atoms with Crippen molar-refractivity contribution in [2.45, 2.75) is 39.3 Å². The summed E-state index contributed by atoms with van der Waals surface area (Å²) in [6.45, 7) is 5.75. The number of anilines is 1. The van der Waals surface area contributed by atoms with Gasteiger partial charge in [-0.2, -0.15) is 0 Å². The first kappa shape index (κ1) is 11.0. The Morgan fingerprint density at radius 1 is 1.57 bits per heavy atom. The molecule has 0 saturated heterocycles. The second kappa shape index (κ2) is 5.65. The molecule has 1 aromatic heterocycles. The molecule has 1 aromatic rings. The lowest BCUT2D eigenvalue weighted by Crippen LogP contribution is -2.14. The fraction of sp³-hybridized carbons (Fsp3) is 0.700. The Labute approximate surface area is 85.0 Å². The number of aliphatic hydroxyl groups is 1. The summed E-state index contributed by atoms with van der Waals surface area (Å²) in [5.41, 5.74) is 0. The minimum atomic E-state index is -0.201. The summed E-state index contributed by atoms with van der Waals surface area (Å²) in [7, 11) is 0. The van der Waals surface area contributed by atoms with Crippen molar-refractivity contribution in [1.82, 2.24) is 9.55 Å². The van der Waals surface area contributed by atoms with Gasteiger partial charge >= 0.3 is 0 Å². The van der Waals surface area contributed by atoms with Crippen LogP contribution in [-0.2, 0) is 6.54 Å². The molecule has 0 fully saturated rings. The van der Waals surface area contributed by atoms with Crippen LogP contribution in [0.2, 0.25) is 0 Å². The number of aliphatic hydroxyl groups excluding tert-OH is 1. The summed E-state index contributed by atoms with van der Waals surface area (Å²) in [4.78, 5) is 4.18. The van der Waals surface area contributed by atoms with Gasteiger partial charge in [-0.3, -0.25) is 0 Å². The van der Waals surface area contributed by atoms with E-state index in [2.05, 4.69) is 17.2 Å². The molecule has 0 bridgehead atoms. The van der Waals surface area contributed by atoms with Crippen LogP contribution in [0.4, 0.5) is 5.95 Å². The van der Waals surface area contributed by atoms with Crippen molar-refractivity contribution in [2.24, 2.45) is 0 Å². The third-order valence-corrected chi connectivity index (χ3v) is 2.29. The van der Waals surface area contributed by atoms with Gasteiger partial charge in [0.2, 0.25) is 5.95 Å². The zero-order valence-corrected chi connectivity index (χ0v) is 8.90. The smallest absolute Gasteiger partial charge is 0.202 e. The summed E-state index contributed by atoms with van der Waals surface area (Å²) < 4.78 is 2.04. The van der Waals surface area contributed by atoms with Crippen LogP contribution in [0, 0.1) is 0 Å². The van der Waals surface area contributed by atoms with Crippen LogP contribution in [0.1, 0.15) is 26.7 Å². The van der Waals surface area contributed by atoms with E-state index in [1.807, 2.05) is 17.7 Å². The summed E-state index contributed by atoms with van der Waals surface area (Å²) in [5, 5.41) is 12.5. The Bertz CT molecular complexity index is 260. The largest absolute Gasteiger partial charge is 0.393 e. The highest BCUT2D eigenvalue weighted by Gasteiger charge is 2.02. The molecule has 2 N–H and O–H groups in total. The second-order valence-electron chi connectivity index (χ2n) is 3.31. The minimum absolute atomic E-state index is 0.201. The molecule has 4 heteroatoms. The normalized spacial score (nSPS) is 12.8. The lowest BCUT2D eigenvalue weighted by Gasteiger charge is -2.10. The molecule has 0 aliphatic carbocycles. The molecule has 0 saturated carbocycles. The third kappa shape index (κ3) is 3.03. The molecular weight excluding hydrogens is 178 g/mol. The highest BCUT2D eigenvalue weighted by molar-refractivity contribution is 5.25. The topological polar surface area (TPSA) is 50.1 Å². The van der Waals surface area contributed by atoms with Crippen molar-refractivity contribution in [2.75, 3.05) is 11.9 Å². The molecule has 0 radical (unpaired) electrons. The van der Waals surface area contributed by atoms with Crippen LogP contribution in [-0.4, -0.2) is 27.3 Å². The number of rotatable bonds is 6. The van der Waals surface area contributed by atoms with Gasteiger partial charge < -0.3 is 15.0 Å². The second-order valence-corrected chi connectivity index (χ2v) is 3.31. The van der Waals surface area contributed by atoms with Crippen LogP contribution < -0.4 is 5.32 Å². The molecule has 0 aromatic carbocycles. The van der Waals surface area contributed by atoms with Crippen LogP contribution in [0.15, 0.2) is 12.4 Å². The Morgan fingerprint density at radius 2 is 2.36 bits per heavy atom. The molecule has 0 spiro atoms. The van der Waals surface area contributed by atoms with Crippen molar-refractivity contribution >= 4 is 5.95 Å². The van der Waals surface area contributed by atoms with Crippen molar-refractivity contribution in [3.05, 3.63) is 12.4 Å². The minimum Gasteiger partial charge on any atom is -0.393 e. The molecule has 4 nitrogen and oxygen atoms in total. The van der Waals surface area contributed by atoms with Crippen LogP contribution in [0.5, 0.6) is 0 Å². The SMILES string of the molecule is CCC(O)CCNc1nccn1CC. The van der Waals surface area contributed by atoms with Crippen molar-refractivity contribution in [3.63, 3.8) is 0 Å². The highest BCUT2D eigenvalue weighted by atomic mass is 16.3. The first-order chi connectivity index (χ1) is 6.77. The molecule has 1 atom stereocenters. The lowest BCUT2D eigenvalue weighted by atomic mass is 10.2. The number of hydrogen-bond acceptors (Lipinski definition) is 3. The van der Waals surface area contributed by atoms with Gasteiger partial charge in [-0.15, -0.1) is 0 Å². The molecule has 1 rings (SSSR count). The van der Waals surface area contributed by atoms with E-state index >= 15 is 0 Å². The van der Waals surface area contributed by atoms with E-state index in [0.717, 1.165) is 31.9 Å². The molecular formula is C10H19N3O. The van der Waals surface area contributed by atoms with Crippen LogP contribution in [0.3, 0.4) is 0 Å². The molecule has 1 heterocycles. The first-order valence-electron chi connectivity index (χ1n) is 5.21. The van der Waals surface area contributed by atoms with Crippen LogP contribution in [0.25, 0.3) is 0 Å². The molecule has 0 aliphatic rings. The number of nitrogens with one attached hydrogen (secondary N) is 1. The van der Waals surface area contributed by atoms with E-state index in [4.69, 9.17) is 0 Å². The Balaban J connectivity index is 2.31. The highest BCUT2D eigenvalue weighted by Crippen LogP contribution is 2.04. The maximum absolute atomic E-state index is 9.35.